The van der Waals surface area contributed by atoms with Crippen molar-refractivity contribution >= 4 is 35.6 Å². The molecule has 3 rings (SSSR count). The predicted octanol–water partition coefficient (Wildman–Crippen LogP) is 2.68. The standard InChI is InChI=1S/C19H28N6.HI/c1-4-20-19(22-14-17-9-10-23-25(17)3)21-13-15-7-8-18-16(12-15)6-5-11-24(18)2;/h7-10,12H,4-6,11,13-14H2,1-3H3,(H2,20,21,22);1H. The molecule has 26 heavy (non-hydrogen) atoms. The average molecular weight is 468 g/mol. The van der Waals surface area contributed by atoms with Crippen molar-refractivity contribution in [2.75, 3.05) is 25.0 Å². The predicted molar refractivity (Wildman–Crippen MR) is 118 cm³/mol. The molecule has 2 aromatic rings. The molecule has 6 nitrogen and oxygen atoms in total. The van der Waals surface area contributed by atoms with E-state index in [0.29, 0.717) is 13.1 Å². The van der Waals surface area contributed by atoms with Gasteiger partial charge in [-0.1, -0.05) is 12.1 Å². The number of aromatic nitrogens is 2. The normalized spacial score (nSPS) is 13.8. The van der Waals surface area contributed by atoms with Gasteiger partial charge < -0.3 is 15.5 Å². The first-order chi connectivity index (χ1) is 12.2. The Hall–Kier alpha value is -1.77. The zero-order valence-electron chi connectivity index (χ0n) is 15.8. The fourth-order valence-electron chi connectivity index (χ4n) is 3.20. The van der Waals surface area contributed by atoms with Crippen LogP contribution >= 0.6 is 24.0 Å². The summed E-state index contributed by atoms with van der Waals surface area (Å²) in [4.78, 5) is 7.07. The van der Waals surface area contributed by atoms with E-state index in [1.165, 1.54) is 23.2 Å². The molecule has 7 heteroatoms. The lowest BCUT2D eigenvalue weighted by atomic mass is 10.00. The van der Waals surface area contributed by atoms with Crippen LogP contribution in [-0.4, -0.2) is 35.9 Å². The second-order valence-electron chi connectivity index (χ2n) is 6.48. The average Bonchev–Trinajstić information content (AvgIpc) is 3.02. The maximum atomic E-state index is 4.73. The van der Waals surface area contributed by atoms with Crippen molar-refractivity contribution in [3.8, 4) is 0 Å². The summed E-state index contributed by atoms with van der Waals surface area (Å²) in [6, 6.07) is 8.74. The van der Waals surface area contributed by atoms with E-state index in [9.17, 15) is 0 Å². The Labute approximate surface area is 173 Å². The van der Waals surface area contributed by atoms with Crippen LogP contribution < -0.4 is 15.5 Å². The Morgan fingerprint density at radius 2 is 2.08 bits per heavy atom. The van der Waals surface area contributed by atoms with E-state index in [0.717, 1.165) is 31.2 Å². The number of benzene rings is 1. The van der Waals surface area contributed by atoms with Crippen molar-refractivity contribution in [2.45, 2.75) is 32.9 Å². The minimum Gasteiger partial charge on any atom is -0.374 e. The van der Waals surface area contributed by atoms with Gasteiger partial charge in [-0.3, -0.25) is 4.68 Å². The zero-order valence-corrected chi connectivity index (χ0v) is 18.2. The maximum absolute atomic E-state index is 4.73. The third-order valence-electron chi connectivity index (χ3n) is 4.62. The van der Waals surface area contributed by atoms with Gasteiger partial charge in [0.1, 0.15) is 0 Å². The van der Waals surface area contributed by atoms with Crippen LogP contribution in [0.5, 0.6) is 0 Å². The van der Waals surface area contributed by atoms with E-state index < -0.39 is 0 Å². The van der Waals surface area contributed by atoms with E-state index >= 15 is 0 Å². The molecule has 0 saturated heterocycles. The summed E-state index contributed by atoms with van der Waals surface area (Å²) in [5.41, 5.74) is 5.18. The fraction of sp³-hybridized carbons (Fsp3) is 0.474. The molecule has 0 amide bonds. The third kappa shape index (κ3) is 5.12. The number of fused-ring (bicyclic) bond motifs is 1. The van der Waals surface area contributed by atoms with Crippen molar-refractivity contribution in [2.24, 2.45) is 12.0 Å². The van der Waals surface area contributed by atoms with Crippen molar-refractivity contribution in [3.63, 3.8) is 0 Å². The molecule has 142 valence electrons. The van der Waals surface area contributed by atoms with Crippen LogP contribution in [0.2, 0.25) is 0 Å². The van der Waals surface area contributed by atoms with Crippen molar-refractivity contribution in [3.05, 3.63) is 47.3 Å². The molecule has 0 fully saturated rings. The molecule has 2 heterocycles. The first-order valence-corrected chi connectivity index (χ1v) is 8.99. The summed E-state index contributed by atoms with van der Waals surface area (Å²) < 4.78 is 1.87. The van der Waals surface area contributed by atoms with E-state index in [-0.39, 0.29) is 24.0 Å². The molecule has 0 atom stereocenters. The molecule has 0 spiro atoms. The Morgan fingerprint density at radius 3 is 2.81 bits per heavy atom. The number of nitrogens with one attached hydrogen (secondary N) is 2. The number of hydrogen-bond acceptors (Lipinski definition) is 3. The third-order valence-corrected chi connectivity index (χ3v) is 4.62. The lowest BCUT2D eigenvalue weighted by Gasteiger charge is -2.27. The summed E-state index contributed by atoms with van der Waals surface area (Å²) in [6.45, 7) is 5.45. The molecule has 0 saturated carbocycles. The van der Waals surface area contributed by atoms with Gasteiger partial charge >= 0.3 is 0 Å². The van der Waals surface area contributed by atoms with Gasteiger partial charge in [-0.25, -0.2) is 4.99 Å². The van der Waals surface area contributed by atoms with Crippen LogP contribution in [0.25, 0.3) is 0 Å². The highest BCUT2D eigenvalue weighted by Gasteiger charge is 2.13. The Balaban J connectivity index is 0.00000243. The number of hydrogen-bond donors (Lipinski definition) is 2. The van der Waals surface area contributed by atoms with Crippen LogP contribution in [0.1, 0.15) is 30.2 Å². The van der Waals surface area contributed by atoms with E-state index in [2.05, 4.69) is 52.8 Å². The van der Waals surface area contributed by atoms with Gasteiger partial charge in [-0.15, -0.1) is 24.0 Å². The topological polar surface area (TPSA) is 57.5 Å². The minimum absolute atomic E-state index is 0. The molecular formula is C19H29IN6. The zero-order chi connectivity index (χ0) is 17.6. The second kappa shape index (κ2) is 9.80. The molecular weight excluding hydrogens is 439 g/mol. The Kier molecular flexibility index (Phi) is 7.74. The van der Waals surface area contributed by atoms with Gasteiger partial charge in [0.05, 0.1) is 18.8 Å². The summed E-state index contributed by atoms with van der Waals surface area (Å²) in [5.74, 6) is 0.832. The molecule has 0 radical (unpaired) electrons. The van der Waals surface area contributed by atoms with Crippen molar-refractivity contribution < 1.29 is 0 Å². The number of guanidine groups is 1. The minimum atomic E-state index is 0. The van der Waals surface area contributed by atoms with Gasteiger partial charge in [0, 0.05) is 39.1 Å². The van der Waals surface area contributed by atoms with Gasteiger partial charge in [0.2, 0.25) is 0 Å². The second-order valence-corrected chi connectivity index (χ2v) is 6.48. The summed E-state index contributed by atoms with van der Waals surface area (Å²) in [6.07, 6.45) is 4.20. The highest BCUT2D eigenvalue weighted by molar-refractivity contribution is 14.0. The highest BCUT2D eigenvalue weighted by Crippen LogP contribution is 2.26. The van der Waals surface area contributed by atoms with Crippen LogP contribution in [-0.2, 0) is 26.6 Å². The van der Waals surface area contributed by atoms with Gasteiger partial charge in [0.25, 0.3) is 0 Å². The van der Waals surface area contributed by atoms with Gasteiger partial charge in [-0.2, -0.15) is 5.10 Å². The molecule has 0 bridgehead atoms. The van der Waals surface area contributed by atoms with E-state index in [1.54, 1.807) is 0 Å². The van der Waals surface area contributed by atoms with Crippen LogP contribution in [0.4, 0.5) is 5.69 Å². The van der Waals surface area contributed by atoms with Crippen LogP contribution in [0.3, 0.4) is 0 Å². The first-order valence-electron chi connectivity index (χ1n) is 8.99. The number of halogens is 1. The number of nitrogens with zero attached hydrogens (tertiary/aromatic N) is 4. The highest BCUT2D eigenvalue weighted by atomic mass is 127. The Bertz CT molecular complexity index is 739. The van der Waals surface area contributed by atoms with E-state index in [4.69, 9.17) is 4.99 Å². The molecule has 1 aromatic carbocycles. The quantitative estimate of drug-likeness (QED) is 0.403. The molecule has 1 aliphatic heterocycles. The molecule has 1 aromatic heterocycles. The number of aliphatic imine (C=N–C) groups is 1. The molecule has 0 aliphatic carbocycles. The number of rotatable bonds is 5. The Morgan fingerprint density at radius 1 is 1.23 bits per heavy atom. The SMILES string of the molecule is CCNC(=NCc1ccc2c(c1)CCCN2C)NCc1ccnn1C.I. The van der Waals surface area contributed by atoms with E-state index in [1.807, 2.05) is 24.0 Å². The molecule has 0 unspecified atom stereocenters. The van der Waals surface area contributed by atoms with Crippen molar-refractivity contribution in [1.82, 2.24) is 20.4 Å². The first kappa shape index (κ1) is 20.5. The lowest BCUT2D eigenvalue weighted by molar-refractivity contribution is 0.684. The van der Waals surface area contributed by atoms with Gasteiger partial charge in [-0.05, 0) is 43.0 Å². The maximum Gasteiger partial charge on any atom is 0.191 e. The summed E-state index contributed by atoms with van der Waals surface area (Å²) in [5, 5.41) is 10.9. The number of anilines is 1. The van der Waals surface area contributed by atoms with Crippen LogP contribution in [0.15, 0.2) is 35.5 Å². The fourth-order valence-corrected chi connectivity index (χ4v) is 3.20. The van der Waals surface area contributed by atoms with Crippen molar-refractivity contribution in [1.29, 1.82) is 0 Å². The number of aryl methyl sites for hydroxylation is 2. The summed E-state index contributed by atoms with van der Waals surface area (Å²) >= 11 is 0. The monoisotopic (exact) mass is 468 g/mol. The van der Waals surface area contributed by atoms with Crippen LogP contribution in [0, 0.1) is 0 Å². The smallest absolute Gasteiger partial charge is 0.191 e. The largest absolute Gasteiger partial charge is 0.374 e. The van der Waals surface area contributed by atoms with Gasteiger partial charge in [0.15, 0.2) is 5.96 Å². The lowest BCUT2D eigenvalue weighted by Crippen LogP contribution is -2.37. The summed E-state index contributed by atoms with van der Waals surface area (Å²) in [7, 11) is 4.12. The molecule has 2 N–H and O–H groups in total. The molecule has 1 aliphatic rings.